The van der Waals surface area contributed by atoms with E-state index in [1.807, 2.05) is 60.3 Å². The molecule has 13 heteroatoms. The van der Waals surface area contributed by atoms with Crippen molar-refractivity contribution in [2.24, 2.45) is 0 Å². The van der Waals surface area contributed by atoms with Crippen LogP contribution in [-0.4, -0.2) is 14.5 Å². The Morgan fingerprint density at radius 1 is 0.362 bits per heavy atom. The Kier molecular flexibility index (Phi) is 12.4. The minimum atomic E-state index is 0. The first kappa shape index (κ1) is 45.7. The standard InChI is InChI=1S/C56H43N11.2Pt/c1-40-5-13-44(14-6-40)59-21-23-63(36-59)48-29-49(64-24-22-60(37-64)45-15-7-41(2)8-16-45)31-50(30-48)67-53-32-55(65-27-25-61(38-65)46-17-9-42(3)10-18-46)57-34-51(53)52-35-58-56(33-54(52)67)66-28-26-62(39-66)47-19-11-43(4)12-20-47;;/h5-29,34-39H,1-4H3;;/q-8;2*+4. The number of hydrogen-bond acceptors (Lipinski definition) is 10. The summed E-state index contributed by atoms with van der Waals surface area (Å²) in [4.78, 5) is 26.5. The first-order valence-electron chi connectivity index (χ1n) is 22.1. The summed E-state index contributed by atoms with van der Waals surface area (Å²) >= 11 is 0. The Balaban J connectivity index is 0.00000277. The zero-order valence-corrected chi connectivity index (χ0v) is 42.5. The molecule has 0 radical (unpaired) electrons. The van der Waals surface area contributed by atoms with E-state index in [1.165, 1.54) is 22.3 Å². The van der Waals surface area contributed by atoms with E-state index in [0.29, 0.717) is 17.3 Å². The van der Waals surface area contributed by atoms with Gasteiger partial charge in [-0.05, 0) is 126 Å². The molecule has 8 aromatic rings. The van der Waals surface area contributed by atoms with Crippen LogP contribution >= 0.6 is 0 Å². The molecule has 12 rings (SSSR count). The molecule has 0 N–H and O–H groups in total. The number of pyridine rings is 2. The maximum absolute atomic E-state index is 4.98. The fourth-order valence-electron chi connectivity index (χ4n) is 8.43. The number of anilines is 8. The molecule has 3 aromatic heterocycles. The van der Waals surface area contributed by atoms with Crippen LogP contribution in [0.4, 0.5) is 45.8 Å². The largest absolute Gasteiger partial charge is 4.00 e. The predicted octanol–water partition coefficient (Wildman–Crippen LogP) is 11.7. The Hall–Kier alpha value is -7.06. The topological polar surface area (TPSA) is 56.6 Å². The molecule has 4 aliphatic rings. The maximum atomic E-state index is 4.98. The molecule has 0 saturated heterocycles. The van der Waals surface area contributed by atoms with Gasteiger partial charge in [-0.15, -0.1) is 37.7 Å². The van der Waals surface area contributed by atoms with Crippen LogP contribution in [0.2, 0.25) is 0 Å². The fourth-order valence-corrected chi connectivity index (χ4v) is 8.43. The monoisotopic (exact) mass is 1260 g/mol. The van der Waals surface area contributed by atoms with Gasteiger partial charge in [-0.1, -0.05) is 83.2 Å². The van der Waals surface area contributed by atoms with E-state index in [-0.39, 0.29) is 42.1 Å². The summed E-state index contributed by atoms with van der Waals surface area (Å²) in [6.45, 7) is 16.6. The number of nitrogens with zero attached hydrogens (tertiary/aromatic N) is 11. The van der Waals surface area contributed by atoms with Crippen molar-refractivity contribution < 1.29 is 42.1 Å². The van der Waals surface area contributed by atoms with Crippen LogP contribution in [0.15, 0.2) is 165 Å². The number of aromatic nitrogens is 3. The van der Waals surface area contributed by atoms with E-state index in [2.05, 4.69) is 227 Å². The summed E-state index contributed by atoms with van der Waals surface area (Å²) < 4.78 is 2.14. The van der Waals surface area contributed by atoms with Gasteiger partial charge in [-0.3, -0.25) is 9.97 Å². The second-order valence-corrected chi connectivity index (χ2v) is 17.0. The zero-order valence-electron chi connectivity index (χ0n) is 37.9. The molecule has 0 saturated carbocycles. The minimum absolute atomic E-state index is 0. The number of hydrogen-bond donors (Lipinski definition) is 0. The fraction of sp³-hybridized carbons (Fsp3) is 0.0714. The quantitative estimate of drug-likeness (QED) is 0.131. The van der Waals surface area contributed by atoms with Gasteiger partial charge in [0.25, 0.3) is 0 Å². The molecule has 0 fully saturated rings. The van der Waals surface area contributed by atoms with Crippen molar-refractivity contribution >= 4 is 67.6 Å². The third kappa shape index (κ3) is 8.82. The molecule has 69 heavy (non-hydrogen) atoms. The Labute approximate surface area is 432 Å². The second kappa shape index (κ2) is 18.8. The zero-order chi connectivity index (χ0) is 45.2. The smallest absolute Gasteiger partial charge is 0.519 e. The minimum Gasteiger partial charge on any atom is -0.519 e. The van der Waals surface area contributed by atoms with E-state index in [9.17, 15) is 0 Å². The van der Waals surface area contributed by atoms with Gasteiger partial charge in [0.2, 0.25) is 0 Å². The average molecular weight is 1260 g/mol. The van der Waals surface area contributed by atoms with Crippen molar-refractivity contribution in [3.63, 3.8) is 0 Å². The van der Waals surface area contributed by atoms with Crippen molar-refractivity contribution in [1.29, 1.82) is 0 Å². The molecule has 4 aliphatic heterocycles. The van der Waals surface area contributed by atoms with E-state index in [0.717, 1.165) is 55.9 Å². The SMILES string of the molecule is Cc1ccc(N2C=CN(c3[c-]c(-n4c5[c-]c(N6C=CN(c7ccc(C)cc7)[CH-]6)ncc5c5cnc(N6C=CN(c7ccc(C)cc7)[CH-]6)[c-]c54)[c-]c(N4C=CN(c5ccc(C)cc5)[CH-]4)c3)[CH-]2)cc1.[Pt+4].[Pt+4]. The van der Waals surface area contributed by atoms with Gasteiger partial charge in [0.1, 0.15) is 0 Å². The molecule has 0 aliphatic carbocycles. The summed E-state index contributed by atoms with van der Waals surface area (Å²) in [5, 5.41) is 1.75. The van der Waals surface area contributed by atoms with Crippen molar-refractivity contribution in [3.8, 4) is 5.69 Å². The summed E-state index contributed by atoms with van der Waals surface area (Å²) in [7, 11) is 0. The molecule has 11 nitrogen and oxygen atoms in total. The summed E-state index contributed by atoms with van der Waals surface area (Å²) in [6.07, 6.45) is 20.1. The van der Waals surface area contributed by atoms with Crippen molar-refractivity contribution in [1.82, 2.24) is 14.5 Å². The van der Waals surface area contributed by atoms with Gasteiger partial charge < -0.3 is 55.9 Å². The first-order chi connectivity index (χ1) is 32.8. The van der Waals surface area contributed by atoms with Crippen LogP contribution in [0.1, 0.15) is 22.3 Å². The Morgan fingerprint density at radius 3 is 0.986 bits per heavy atom. The molecule has 5 aromatic carbocycles. The molecule has 0 unspecified atom stereocenters. The van der Waals surface area contributed by atoms with E-state index >= 15 is 0 Å². The normalized spacial score (nSPS) is 15.2. The van der Waals surface area contributed by atoms with Gasteiger partial charge in [0.05, 0.1) is 0 Å². The summed E-state index contributed by atoms with van der Waals surface area (Å²) in [5.41, 5.74) is 12.9. The average Bonchev–Trinajstić information content (AvgIpc) is 4.22. The first-order valence-corrected chi connectivity index (χ1v) is 22.1. The van der Waals surface area contributed by atoms with Crippen LogP contribution in [-0.2, 0) is 42.1 Å². The van der Waals surface area contributed by atoms with Crippen LogP contribution < -0.4 is 39.2 Å². The van der Waals surface area contributed by atoms with Crippen LogP contribution in [0, 0.1) is 78.6 Å². The third-order valence-electron chi connectivity index (χ3n) is 12.3. The molecule has 342 valence electrons. The Morgan fingerprint density at radius 2 is 0.652 bits per heavy atom. The van der Waals surface area contributed by atoms with Gasteiger partial charge in [0, 0.05) is 34.4 Å². The van der Waals surface area contributed by atoms with Crippen molar-refractivity contribution in [3.05, 3.63) is 238 Å². The molecule has 0 bridgehead atoms. The van der Waals surface area contributed by atoms with Crippen LogP contribution in [0.25, 0.3) is 27.5 Å². The number of aryl methyl sites for hydroxylation is 4. The van der Waals surface area contributed by atoms with E-state index in [1.54, 1.807) is 0 Å². The van der Waals surface area contributed by atoms with Crippen molar-refractivity contribution in [2.75, 3.05) is 39.2 Å². The van der Waals surface area contributed by atoms with Crippen LogP contribution in [0.5, 0.6) is 0 Å². The van der Waals surface area contributed by atoms with Gasteiger partial charge >= 0.3 is 42.1 Å². The van der Waals surface area contributed by atoms with E-state index in [4.69, 9.17) is 9.97 Å². The summed E-state index contributed by atoms with van der Waals surface area (Å²) in [5.74, 6) is 1.26. The number of fused-ring (bicyclic) bond motifs is 3. The Bertz CT molecular complexity index is 3080. The third-order valence-corrected chi connectivity index (χ3v) is 12.3. The van der Waals surface area contributed by atoms with Gasteiger partial charge in [-0.2, -0.15) is 12.1 Å². The molecular weight excluding hydrogens is 1220 g/mol. The van der Waals surface area contributed by atoms with Gasteiger partial charge in [0.15, 0.2) is 0 Å². The number of benzene rings is 5. The summed E-state index contributed by atoms with van der Waals surface area (Å²) in [6, 6.07) is 51.1. The van der Waals surface area contributed by atoms with Gasteiger partial charge in [-0.25, -0.2) is 33.9 Å². The molecular formula is C56H43N11Pt2. The van der Waals surface area contributed by atoms with E-state index < -0.39 is 0 Å². The van der Waals surface area contributed by atoms with Crippen LogP contribution in [0.3, 0.4) is 0 Å². The van der Waals surface area contributed by atoms with Crippen molar-refractivity contribution in [2.45, 2.75) is 27.7 Å². The number of rotatable bonds is 9. The molecule has 7 heterocycles. The predicted molar refractivity (Wildman–Crippen MR) is 270 cm³/mol. The second-order valence-electron chi connectivity index (χ2n) is 17.0. The molecule has 0 amide bonds. The molecule has 0 spiro atoms. The molecule has 0 atom stereocenters. The maximum Gasteiger partial charge on any atom is 4.00 e.